The van der Waals surface area contributed by atoms with Crippen molar-refractivity contribution in [1.82, 2.24) is 9.62 Å². The molecule has 2 amide bonds. The molecular weight excluding hydrogens is 485 g/mol. The van der Waals surface area contributed by atoms with Crippen LogP contribution in [0, 0.1) is 5.92 Å². The zero-order valence-electron chi connectivity index (χ0n) is 18.3. The van der Waals surface area contributed by atoms with Gasteiger partial charge in [0.25, 0.3) is 5.91 Å². The minimum atomic E-state index is -3.65. The van der Waals surface area contributed by atoms with Crippen molar-refractivity contribution in [3.63, 3.8) is 0 Å². The van der Waals surface area contributed by atoms with E-state index in [2.05, 4.69) is 10.6 Å². The molecule has 0 bridgehead atoms. The van der Waals surface area contributed by atoms with Crippen molar-refractivity contribution in [2.24, 2.45) is 5.92 Å². The summed E-state index contributed by atoms with van der Waals surface area (Å²) < 4.78 is 27.3. The van der Waals surface area contributed by atoms with Crippen LogP contribution in [0.1, 0.15) is 42.1 Å². The van der Waals surface area contributed by atoms with Gasteiger partial charge in [-0.1, -0.05) is 48.3 Å². The molecule has 10 heteroatoms. The van der Waals surface area contributed by atoms with Crippen LogP contribution in [0.25, 0.3) is 0 Å². The Kier molecular flexibility index (Phi) is 8.75. The van der Waals surface area contributed by atoms with E-state index in [1.54, 1.807) is 36.4 Å². The van der Waals surface area contributed by atoms with Gasteiger partial charge in [0.05, 0.1) is 33.0 Å². The van der Waals surface area contributed by atoms with E-state index >= 15 is 0 Å². The average Bonchev–Trinajstić information content (AvgIpc) is 2.80. The van der Waals surface area contributed by atoms with Gasteiger partial charge in [0.2, 0.25) is 15.9 Å². The summed E-state index contributed by atoms with van der Waals surface area (Å²) in [6.07, 6.45) is 1.93. The standard InChI is InChI=1S/C23H27Cl2N3O4S/c1-2-11-26-23(30)18-7-3-4-8-21(18)27-22(29)17-6-5-12-28(14-17)33(31,32)15-16-9-10-19(24)20(25)13-16/h3-4,7-10,13,17H,2,5-6,11-12,14-15H2,1H3,(H,26,30)(H,27,29). The van der Waals surface area contributed by atoms with E-state index in [1.807, 2.05) is 6.92 Å². The topological polar surface area (TPSA) is 95.6 Å². The molecule has 1 fully saturated rings. The van der Waals surface area contributed by atoms with Crippen molar-refractivity contribution in [1.29, 1.82) is 0 Å². The molecule has 2 aromatic rings. The number of halogens is 2. The number of benzene rings is 2. The molecule has 1 aliphatic rings. The highest BCUT2D eigenvalue weighted by Gasteiger charge is 2.33. The predicted octanol–water partition coefficient (Wildman–Crippen LogP) is 4.31. The Hall–Kier alpha value is -2.13. The van der Waals surface area contributed by atoms with Crippen LogP contribution in [-0.2, 0) is 20.6 Å². The zero-order valence-corrected chi connectivity index (χ0v) is 20.6. The maximum absolute atomic E-state index is 13.0. The fourth-order valence-corrected chi connectivity index (χ4v) is 5.62. The quantitative estimate of drug-likeness (QED) is 0.551. The molecule has 2 N–H and O–H groups in total. The Morgan fingerprint density at radius 2 is 1.88 bits per heavy atom. The normalized spacial score (nSPS) is 16.9. The maximum atomic E-state index is 13.0. The number of rotatable bonds is 8. The summed E-state index contributed by atoms with van der Waals surface area (Å²) in [6, 6.07) is 11.5. The molecule has 33 heavy (non-hydrogen) atoms. The molecule has 1 atom stereocenters. The SMILES string of the molecule is CCCNC(=O)c1ccccc1NC(=O)C1CCCN(S(=O)(=O)Cc2ccc(Cl)c(Cl)c2)C1. The van der Waals surface area contributed by atoms with Crippen molar-refractivity contribution in [2.45, 2.75) is 31.9 Å². The Morgan fingerprint density at radius 1 is 1.12 bits per heavy atom. The van der Waals surface area contributed by atoms with Crippen LogP contribution in [0.4, 0.5) is 5.69 Å². The fraction of sp³-hybridized carbons (Fsp3) is 0.391. The van der Waals surface area contributed by atoms with Gasteiger partial charge in [-0.15, -0.1) is 0 Å². The lowest BCUT2D eigenvalue weighted by Gasteiger charge is -2.31. The van der Waals surface area contributed by atoms with Gasteiger partial charge in [-0.3, -0.25) is 9.59 Å². The number of piperidine rings is 1. The summed E-state index contributed by atoms with van der Waals surface area (Å²) >= 11 is 11.9. The van der Waals surface area contributed by atoms with E-state index < -0.39 is 15.9 Å². The number of nitrogens with zero attached hydrogens (tertiary/aromatic N) is 1. The third-order valence-corrected chi connectivity index (χ3v) is 8.00. The average molecular weight is 512 g/mol. The van der Waals surface area contributed by atoms with Gasteiger partial charge in [-0.2, -0.15) is 0 Å². The monoisotopic (exact) mass is 511 g/mol. The van der Waals surface area contributed by atoms with E-state index in [1.165, 1.54) is 10.4 Å². The zero-order chi connectivity index (χ0) is 24.0. The minimum Gasteiger partial charge on any atom is -0.352 e. The van der Waals surface area contributed by atoms with Gasteiger partial charge >= 0.3 is 0 Å². The van der Waals surface area contributed by atoms with Crippen LogP contribution in [0.15, 0.2) is 42.5 Å². The minimum absolute atomic E-state index is 0.0830. The molecule has 0 saturated carbocycles. The second-order valence-corrected chi connectivity index (χ2v) is 10.8. The van der Waals surface area contributed by atoms with Crippen molar-refractivity contribution in [2.75, 3.05) is 25.0 Å². The third kappa shape index (κ3) is 6.69. The lowest BCUT2D eigenvalue weighted by Crippen LogP contribution is -2.44. The first-order valence-electron chi connectivity index (χ1n) is 10.8. The molecule has 1 heterocycles. The molecule has 0 radical (unpaired) electrons. The van der Waals surface area contributed by atoms with Crippen LogP contribution in [0.3, 0.4) is 0 Å². The molecular formula is C23H27Cl2N3O4S. The molecule has 0 spiro atoms. The Morgan fingerprint density at radius 3 is 2.61 bits per heavy atom. The number of sulfonamides is 1. The number of hydrogen-bond acceptors (Lipinski definition) is 4. The highest BCUT2D eigenvalue weighted by molar-refractivity contribution is 7.88. The lowest BCUT2D eigenvalue weighted by molar-refractivity contribution is -0.120. The summed E-state index contributed by atoms with van der Waals surface area (Å²) in [5.41, 5.74) is 1.31. The molecule has 1 unspecified atom stereocenters. The predicted molar refractivity (Wildman–Crippen MR) is 131 cm³/mol. The molecule has 3 rings (SSSR count). The van der Waals surface area contributed by atoms with E-state index in [0.29, 0.717) is 52.8 Å². The number of amides is 2. The number of carbonyl (C=O) groups excluding carboxylic acids is 2. The molecule has 2 aromatic carbocycles. The summed E-state index contributed by atoms with van der Waals surface area (Å²) in [5.74, 6) is -1.31. The lowest BCUT2D eigenvalue weighted by atomic mass is 9.98. The Labute approximate surface area is 204 Å². The summed E-state index contributed by atoms with van der Waals surface area (Å²) in [6.45, 7) is 2.93. The molecule has 178 valence electrons. The Bertz CT molecular complexity index is 1120. The highest BCUT2D eigenvalue weighted by atomic mass is 35.5. The van der Waals surface area contributed by atoms with Gasteiger partial charge in [-0.25, -0.2) is 12.7 Å². The van der Waals surface area contributed by atoms with Gasteiger partial charge in [0.1, 0.15) is 0 Å². The second-order valence-electron chi connectivity index (χ2n) is 7.99. The number of nitrogens with one attached hydrogen (secondary N) is 2. The number of hydrogen-bond donors (Lipinski definition) is 2. The number of carbonyl (C=O) groups is 2. The molecule has 7 nitrogen and oxygen atoms in total. The highest BCUT2D eigenvalue weighted by Crippen LogP contribution is 2.27. The number of anilines is 1. The van der Waals surface area contributed by atoms with Crippen molar-refractivity contribution in [3.8, 4) is 0 Å². The van der Waals surface area contributed by atoms with Crippen LogP contribution >= 0.6 is 23.2 Å². The van der Waals surface area contributed by atoms with Gasteiger partial charge in [0, 0.05) is 19.6 Å². The summed E-state index contributed by atoms with van der Waals surface area (Å²) in [4.78, 5) is 25.4. The van der Waals surface area contributed by atoms with Crippen LogP contribution in [0.2, 0.25) is 10.0 Å². The first-order chi connectivity index (χ1) is 15.7. The second kappa shape index (κ2) is 11.3. The number of para-hydroxylation sites is 1. The first-order valence-corrected chi connectivity index (χ1v) is 13.2. The Balaban J connectivity index is 1.68. The van der Waals surface area contributed by atoms with E-state index in [9.17, 15) is 18.0 Å². The van der Waals surface area contributed by atoms with Crippen molar-refractivity contribution in [3.05, 3.63) is 63.6 Å². The van der Waals surface area contributed by atoms with Crippen LogP contribution in [0.5, 0.6) is 0 Å². The summed E-state index contributed by atoms with van der Waals surface area (Å²) in [5, 5.41) is 6.27. The van der Waals surface area contributed by atoms with Crippen LogP contribution < -0.4 is 10.6 Å². The molecule has 1 aliphatic heterocycles. The summed E-state index contributed by atoms with van der Waals surface area (Å²) in [7, 11) is -3.65. The smallest absolute Gasteiger partial charge is 0.253 e. The maximum Gasteiger partial charge on any atom is 0.253 e. The van der Waals surface area contributed by atoms with Gasteiger partial charge in [-0.05, 0) is 49.1 Å². The molecule has 0 aliphatic carbocycles. The van der Waals surface area contributed by atoms with Crippen molar-refractivity contribution >= 4 is 50.7 Å². The fourth-order valence-electron chi connectivity index (χ4n) is 3.70. The van der Waals surface area contributed by atoms with Crippen molar-refractivity contribution < 1.29 is 18.0 Å². The van der Waals surface area contributed by atoms with E-state index in [4.69, 9.17) is 23.2 Å². The molecule has 1 saturated heterocycles. The van der Waals surface area contributed by atoms with Gasteiger partial charge in [0.15, 0.2) is 0 Å². The van der Waals surface area contributed by atoms with Gasteiger partial charge < -0.3 is 10.6 Å². The van der Waals surface area contributed by atoms with E-state index in [0.717, 1.165) is 6.42 Å². The largest absolute Gasteiger partial charge is 0.352 e. The van der Waals surface area contributed by atoms with Crippen LogP contribution in [-0.4, -0.2) is 44.2 Å². The first kappa shape index (κ1) is 25.5. The third-order valence-electron chi connectivity index (χ3n) is 5.45. The molecule has 0 aromatic heterocycles. The van der Waals surface area contributed by atoms with E-state index in [-0.39, 0.29) is 24.1 Å².